The van der Waals surface area contributed by atoms with Gasteiger partial charge in [0.05, 0.1) is 24.3 Å². The quantitative estimate of drug-likeness (QED) is 0.687. The van der Waals surface area contributed by atoms with Crippen LogP contribution in [-0.4, -0.2) is 35.5 Å². The fraction of sp³-hybridized carbons (Fsp3) is 0.533. The molecule has 0 saturated heterocycles. The van der Waals surface area contributed by atoms with Crippen molar-refractivity contribution in [2.45, 2.75) is 40.2 Å². The number of carbonyl (C=O) groups excluding carboxylic acids is 3. The highest BCUT2D eigenvalue weighted by atomic mass is 16.5. The van der Waals surface area contributed by atoms with E-state index in [-0.39, 0.29) is 30.1 Å². The smallest absolute Gasteiger partial charge is 0.340 e. The van der Waals surface area contributed by atoms with Crippen molar-refractivity contribution in [2.24, 2.45) is 0 Å². The molecule has 6 heteroatoms. The van der Waals surface area contributed by atoms with Gasteiger partial charge in [0.25, 0.3) is 0 Å². The van der Waals surface area contributed by atoms with Crippen LogP contribution in [0, 0.1) is 0 Å². The number of ketones is 1. The molecule has 0 aliphatic heterocycles. The number of carbonyl (C=O) groups is 3. The third-order valence-corrected chi connectivity index (χ3v) is 2.82. The Hall–Kier alpha value is -2.11. The summed E-state index contributed by atoms with van der Waals surface area (Å²) in [6, 6.07) is 0. The molecule has 1 aromatic rings. The van der Waals surface area contributed by atoms with Crippen LogP contribution in [0.2, 0.25) is 0 Å². The number of Topliss-reactive ketones (excluding diaryl/α,β-unsaturated/α-hetero) is 1. The molecular formula is C15H21NO5. The van der Waals surface area contributed by atoms with Gasteiger partial charge in [0.15, 0.2) is 0 Å². The molecule has 0 unspecified atom stereocenters. The van der Waals surface area contributed by atoms with Crippen molar-refractivity contribution in [3.63, 3.8) is 0 Å². The summed E-state index contributed by atoms with van der Waals surface area (Å²) in [5, 5.41) is 0. The lowest BCUT2D eigenvalue weighted by molar-refractivity contribution is -0.117. The van der Waals surface area contributed by atoms with Crippen LogP contribution in [0.4, 0.5) is 0 Å². The summed E-state index contributed by atoms with van der Waals surface area (Å²) in [6.07, 6.45) is 4.23. The third-order valence-electron chi connectivity index (χ3n) is 2.82. The van der Waals surface area contributed by atoms with Gasteiger partial charge in [0, 0.05) is 25.4 Å². The monoisotopic (exact) mass is 295 g/mol. The number of hydrogen-bond donors (Lipinski definition) is 0. The summed E-state index contributed by atoms with van der Waals surface area (Å²) in [7, 11) is 0. The van der Waals surface area contributed by atoms with E-state index in [1.807, 2.05) is 0 Å². The zero-order valence-corrected chi connectivity index (χ0v) is 12.7. The van der Waals surface area contributed by atoms with Gasteiger partial charge in [0.2, 0.25) is 0 Å². The molecule has 0 spiro atoms. The number of aryl methyl sites for hydroxylation is 1. The van der Waals surface area contributed by atoms with Gasteiger partial charge in [0.1, 0.15) is 5.78 Å². The van der Waals surface area contributed by atoms with Crippen molar-refractivity contribution in [3.05, 3.63) is 23.5 Å². The first-order valence-corrected chi connectivity index (χ1v) is 7.03. The van der Waals surface area contributed by atoms with E-state index in [4.69, 9.17) is 9.47 Å². The van der Waals surface area contributed by atoms with Gasteiger partial charge >= 0.3 is 11.9 Å². The predicted molar refractivity (Wildman–Crippen MR) is 76.3 cm³/mol. The molecule has 0 amide bonds. The maximum Gasteiger partial charge on any atom is 0.340 e. The van der Waals surface area contributed by atoms with E-state index in [0.29, 0.717) is 19.4 Å². The van der Waals surface area contributed by atoms with E-state index in [9.17, 15) is 14.4 Å². The Morgan fingerprint density at radius 2 is 1.48 bits per heavy atom. The van der Waals surface area contributed by atoms with Crippen LogP contribution >= 0.6 is 0 Å². The Kier molecular flexibility index (Phi) is 6.65. The Balaban J connectivity index is 2.92. The second kappa shape index (κ2) is 8.24. The molecule has 6 nitrogen and oxygen atoms in total. The van der Waals surface area contributed by atoms with Gasteiger partial charge in [-0.3, -0.25) is 0 Å². The van der Waals surface area contributed by atoms with Crippen molar-refractivity contribution >= 4 is 17.7 Å². The largest absolute Gasteiger partial charge is 0.462 e. The minimum Gasteiger partial charge on any atom is -0.462 e. The molecule has 21 heavy (non-hydrogen) atoms. The first-order chi connectivity index (χ1) is 9.99. The van der Waals surface area contributed by atoms with Crippen molar-refractivity contribution in [1.29, 1.82) is 0 Å². The number of ether oxygens (including phenoxy) is 2. The van der Waals surface area contributed by atoms with Crippen LogP contribution in [0.5, 0.6) is 0 Å². The zero-order valence-electron chi connectivity index (χ0n) is 12.7. The first-order valence-electron chi connectivity index (χ1n) is 7.03. The van der Waals surface area contributed by atoms with Crippen LogP contribution in [0.1, 0.15) is 54.3 Å². The van der Waals surface area contributed by atoms with Crippen molar-refractivity contribution in [2.75, 3.05) is 13.2 Å². The Bertz CT molecular complexity index is 483. The zero-order chi connectivity index (χ0) is 15.8. The highest BCUT2D eigenvalue weighted by molar-refractivity contribution is 6.03. The van der Waals surface area contributed by atoms with E-state index in [0.717, 1.165) is 0 Å². The van der Waals surface area contributed by atoms with Crippen molar-refractivity contribution in [1.82, 2.24) is 4.57 Å². The standard InChI is InChI=1S/C15H21NO5/c1-4-20-14(18)12-9-16(8-6-7-11(3)17)10-13(12)15(19)21-5-2/h9-10H,4-8H2,1-3H3. The Morgan fingerprint density at radius 3 is 1.86 bits per heavy atom. The molecule has 0 N–H and O–H groups in total. The molecule has 0 atom stereocenters. The SMILES string of the molecule is CCOC(=O)c1cn(CCCC(C)=O)cc1C(=O)OCC. The van der Waals surface area contributed by atoms with Crippen LogP contribution in [0.25, 0.3) is 0 Å². The molecule has 0 aliphatic carbocycles. The van der Waals surface area contributed by atoms with Crippen molar-refractivity contribution < 1.29 is 23.9 Å². The summed E-state index contributed by atoms with van der Waals surface area (Å²) in [5.41, 5.74) is 0.385. The fourth-order valence-electron chi connectivity index (χ4n) is 1.89. The third kappa shape index (κ3) is 5.06. The van der Waals surface area contributed by atoms with Gasteiger partial charge in [-0.25, -0.2) is 9.59 Å². The maximum atomic E-state index is 11.9. The first kappa shape index (κ1) is 16.9. The lowest BCUT2D eigenvalue weighted by Crippen LogP contribution is -2.11. The topological polar surface area (TPSA) is 74.6 Å². The number of aromatic nitrogens is 1. The van der Waals surface area contributed by atoms with E-state index >= 15 is 0 Å². The molecule has 1 heterocycles. The van der Waals surface area contributed by atoms with Crippen LogP contribution in [0.15, 0.2) is 12.4 Å². The minimum absolute atomic E-state index is 0.110. The Morgan fingerprint density at radius 1 is 1.00 bits per heavy atom. The molecule has 0 saturated carbocycles. The van der Waals surface area contributed by atoms with E-state index in [2.05, 4.69) is 0 Å². The van der Waals surface area contributed by atoms with E-state index in [1.54, 1.807) is 30.8 Å². The summed E-state index contributed by atoms with van der Waals surface area (Å²) in [5.74, 6) is -0.991. The fourth-order valence-corrected chi connectivity index (χ4v) is 1.89. The van der Waals surface area contributed by atoms with Gasteiger partial charge in [-0.1, -0.05) is 0 Å². The van der Waals surface area contributed by atoms with Gasteiger partial charge < -0.3 is 18.8 Å². The molecule has 0 radical (unpaired) electrons. The summed E-state index contributed by atoms with van der Waals surface area (Å²) in [4.78, 5) is 34.7. The molecule has 0 aromatic carbocycles. The highest BCUT2D eigenvalue weighted by Gasteiger charge is 2.22. The predicted octanol–water partition coefficient (Wildman–Crippen LogP) is 2.21. The lowest BCUT2D eigenvalue weighted by Gasteiger charge is -2.02. The second-order valence-corrected chi connectivity index (χ2v) is 4.57. The lowest BCUT2D eigenvalue weighted by atomic mass is 10.2. The number of esters is 2. The summed E-state index contributed by atoms with van der Waals surface area (Å²) >= 11 is 0. The van der Waals surface area contributed by atoms with Gasteiger partial charge in [-0.15, -0.1) is 0 Å². The van der Waals surface area contributed by atoms with E-state index < -0.39 is 11.9 Å². The summed E-state index contributed by atoms with van der Waals surface area (Å²) < 4.78 is 11.6. The normalized spacial score (nSPS) is 10.2. The number of hydrogen-bond acceptors (Lipinski definition) is 5. The van der Waals surface area contributed by atoms with Gasteiger partial charge in [-0.05, 0) is 27.2 Å². The molecule has 0 bridgehead atoms. The van der Waals surface area contributed by atoms with Crippen molar-refractivity contribution in [3.8, 4) is 0 Å². The molecule has 0 fully saturated rings. The van der Waals surface area contributed by atoms with E-state index in [1.165, 1.54) is 6.92 Å². The van der Waals surface area contributed by atoms with Crippen LogP contribution < -0.4 is 0 Å². The molecule has 116 valence electrons. The minimum atomic E-state index is -0.550. The molecule has 1 aromatic heterocycles. The maximum absolute atomic E-state index is 11.9. The average molecular weight is 295 g/mol. The molecular weight excluding hydrogens is 274 g/mol. The molecule has 1 rings (SSSR count). The molecule has 0 aliphatic rings. The summed E-state index contributed by atoms with van der Waals surface area (Å²) in [6.45, 7) is 5.94. The number of nitrogens with zero attached hydrogens (tertiary/aromatic N) is 1. The highest BCUT2D eigenvalue weighted by Crippen LogP contribution is 2.15. The Labute approximate surface area is 124 Å². The van der Waals surface area contributed by atoms with Gasteiger partial charge in [-0.2, -0.15) is 0 Å². The average Bonchev–Trinajstić information content (AvgIpc) is 2.83. The number of rotatable bonds is 8. The van der Waals surface area contributed by atoms with Crippen LogP contribution in [0.3, 0.4) is 0 Å². The second-order valence-electron chi connectivity index (χ2n) is 4.57. The van der Waals surface area contributed by atoms with Crippen LogP contribution in [-0.2, 0) is 20.8 Å².